The lowest BCUT2D eigenvalue weighted by atomic mass is 10.1. The fraction of sp³-hybridized carbons (Fsp3) is 0.353. The Morgan fingerprint density at radius 2 is 2.00 bits per heavy atom. The van der Waals surface area contributed by atoms with E-state index in [1.54, 1.807) is 6.92 Å². The Bertz CT molecular complexity index is 957. The number of nitro groups is 1. The van der Waals surface area contributed by atoms with Crippen molar-refractivity contribution >= 4 is 39.9 Å². The molecule has 0 radical (unpaired) electrons. The van der Waals surface area contributed by atoms with Gasteiger partial charge in [-0.2, -0.15) is 0 Å². The molecule has 3 rings (SSSR count). The van der Waals surface area contributed by atoms with Gasteiger partial charge in [0.2, 0.25) is 11.0 Å². The molecule has 0 fully saturated rings. The summed E-state index contributed by atoms with van der Waals surface area (Å²) in [6, 6.07) is 4.03. The zero-order chi connectivity index (χ0) is 20.3. The Morgan fingerprint density at radius 1 is 1.21 bits per heavy atom. The van der Waals surface area contributed by atoms with Gasteiger partial charge < -0.3 is 5.32 Å². The highest BCUT2D eigenvalue weighted by Crippen LogP contribution is 2.30. The average Bonchev–Trinajstić information content (AvgIpc) is 3.17. The van der Waals surface area contributed by atoms with E-state index in [-0.39, 0.29) is 35.7 Å². The second-order valence-corrected chi connectivity index (χ2v) is 7.39. The van der Waals surface area contributed by atoms with Crippen molar-refractivity contribution in [3.05, 3.63) is 44.4 Å². The van der Waals surface area contributed by atoms with Crippen LogP contribution in [0.25, 0.3) is 0 Å². The number of benzene rings is 1. The third-order valence-corrected chi connectivity index (χ3v) is 4.99. The van der Waals surface area contributed by atoms with E-state index >= 15 is 0 Å². The SMILES string of the molecule is Cc1nnc(NC(=O)CCCCCN2C(=O)c3cccc([N+](=O)[O-])c3C2=O)s1. The monoisotopic (exact) mass is 403 g/mol. The van der Waals surface area contributed by atoms with E-state index in [1.165, 1.54) is 29.5 Å². The first kappa shape index (κ1) is 19.5. The third-order valence-electron chi connectivity index (χ3n) is 4.23. The molecule has 146 valence electrons. The molecule has 0 atom stereocenters. The molecule has 0 spiro atoms. The first-order valence-electron chi connectivity index (χ1n) is 8.62. The number of amides is 3. The highest BCUT2D eigenvalue weighted by atomic mass is 32.1. The number of fused-ring (bicyclic) bond motifs is 1. The van der Waals surface area contributed by atoms with Crippen LogP contribution in [-0.4, -0.2) is 44.3 Å². The highest BCUT2D eigenvalue weighted by Gasteiger charge is 2.40. The number of nitrogens with one attached hydrogen (secondary N) is 1. The molecule has 0 saturated carbocycles. The number of aryl methyl sites for hydroxylation is 1. The number of unbranched alkanes of at least 4 members (excludes halogenated alkanes) is 2. The van der Waals surface area contributed by atoms with Gasteiger partial charge in [-0.05, 0) is 25.8 Å². The second-order valence-electron chi connectivity index (χ2n) is 6.20. The molecule has 11 heteroatoms. The summed E-state index contributed by atoms with van der Waals surface area (Å²) >= 11 is 1.29. The summed E-state index contributed by atoms with van der Waals surface area (Å²) in [6.07, 6.45) is 1.99. The van der Waals surface area contributed by atoms with Gasteiger partial charge in [0.15, 0.2) is 0 Å². The Hall–Kier alpha value is -3.21. The van der Waals surface area contributed by atoms with E-state index in [0.717, 1.165) is 9.91 Å². The molecule has 0 saturated heterocycles. The van der Waals surface area contributed by atoms with E-state index in [9.17, 15) is 24.5 Å². The molecule has 1 aliphatic rings. The first-order valence-corrected chi connectivity index (χ1v) is 9.43. The van der Waals surface area contributed by atoms with Crippen LogP contribution in [0.5, 0.6) is 0 Å². The molecule has 1 N–H and O–H groups in total. The number of anilines is 1. The van der Waals surface area contributed by atoms with Crippen molar-refractivity contribution in [3.63, 3.8) is 0 Å². The lowest BCUT2D eigenvalue weighted by molar-refractivity contribution is -0.385. The quantitative estimate of drug-likeness (QED) is 0.310. The van der Waals surface area contributed by atoms with Crippen molar-refractivity contribution < 1.29 is 19.3 Å². The van der Waals surface area contributed by atoms with Crippen LogP contribution >= 0.6 is 11.3 Å². The normalized spacial score (nSPS) is 13.0. The summed E-state index contributed by atoms with van der Waals surface area (Å²) in [5, 5.41) is 22.6. The Balaban J connectivity index is 1.47. The standard InChI is InChI=1S/C17H17N5O5S/c1-10-19-20-17(28-10)18-13(23)8-3-2-4-9-21-15(24)11-6-5-7-12(22(26)27)14(11)16(21)25/h5-7H,2-4,8-9H2,1H3,(H,18,20,23). The molecule has 2 aromatic rings. The predicted octanol–water partition coefficient (Wildman–Crippen LogP) is 2.55. The number of aromatic nitrogens is 2. The van der Waals surface area contributed by atoms with Crippen molar-refractivity contribution in [1.82, 2.24) is 15.1 Å². The van der Waals surface area contributed by atoms with Gasteiger partial charge in [-0.1, -0.05) is 23.8 Å². The van der Waals surface area contributed by atoms with Crippen LogP contribution in [-0.2, 0) is 4.79 Å². The summed E-state index contributed by atoms with van der Waals surface area (Å²) in [4.78, 5) is 48.1. The summed E-state index contributed by atoms with van der Waals surface area (Å²) in [6.45, 7) is 1.95. The van der Waals surface area contributed by atoms with Crippen LogP contribution in [0.15, 0.2) is 18.2 Å². The van der Waals surface area contributed by atoms with Gasteiger partial charge in [-0.15, -0.1) is 10.2 Å². The van der Waals surface area contributed by atoms with Gasteiger partial charge in [0.1, 0.15) is 10.6 Å². The number of imide groups is 1. The fourth-order valence-electron chi connectivity index (χ4n) is 2.93. The number of rotatable bonds is 8. The predicted molar refractivity (Wildman–Crippen MR) is 100 cm³/mol. The molecule has 0 unspecified atom stereocenters. The van der Waals surface area contributed by atoms with E-state index < -0.39 is 16.7 Å². The Labute approximate surface area is 163 Å². The molecule has 1 aromatic heterocycles. The maximum absolute atomic E-state index is 12.4. The molecule has 2 heterocycles. The molecule has 0 aliphatic carbocycles. The van der Waals surface area contributed by atoms with Gasteiger partial charge in [-0.25, -0.2) is 0 Å². The number of carbonyl (C=O) groups is 3. The van der Waals surface area contributed by atoms with Crippen LogP contribution in [0.2, 0.25) is 0 Å². The summed E-state index contributed by atoms with van der Waals surface area (Å²) < 4.78 is 0. The molecule has 0 bridgehead atoms. The van der Waals surface area contributed by atoms with Crippen LogP contribution in [0.1, 0.15) is 51.4 Å². The van der Waals surface area contributed by atoms with Gasteiger partial charge in [0, 0.05) is 19.0 Å². The molecular weight excluding hydrogens is 386 g/mol. The number of nitro benzene ring substituents is 1. The Morgan fingerprint density at radius 3 is 2.68 bits per heavy atom. The minimum absolute atomic E-state index is 0.0610. The molecule has 10 nitrogen and oxygen atoms in total. The number of nitrogens with zero attached hydrogens (tertiary/aromatic N) is 4. The maximum Gasteiger partial charge on any atom is 0.282 e. The maximum atomic E-state index is 12.4. The number of hydrogen-bond donors (Lipinski definition) is 1. The van der Waals surface area contributed by atoms with Crippen LogP contribution < -0.4 is 5.32 Å². The zero-order valence-electron chi connectivity index (χ0n) is 15.0. The van der Waals surface area contributed by atoms with Gasteiger partial charge >= 0.3 is 0 Å². The fourth-order valence-corrected chi connectivity index (χ4v) is 3.54. The van der Waals surface area contributed by atoms with Crippen molar-refractivity contribution in [2.45, 2.75) is 32.6 Å². The summed E-state index contributed by atoms with van der Waals surface area (Å²) in [7, 11) is 0. The van der Waals surface area contributed by atoms with Crippen molar-refractivity contribution in [1.29, 1.82) is 0 Å². The third kappa shape index (κ3) is 4.03. The number of hydrogen-bond acceptors (Lipinski definition) is 8. The number of carbonyl (C=O) groups excluding carboxylic acids is 3. The topological polar surface area (TPSA) is 135 Å². The lowest BCUT2D eigenvalue weighted by Gasteiger charge is -2.13. The summed E-state index contributed by atoms with van der Waals surface area (Å²) in [5.74, 6) is -1.34. The molecule has 1 aromatic carbocycles. The van der Waals surface area contributed by atoms with Gasteiger partial charge in [0.25, 0.3) is 17.5 Å². The van der Waals surface area contributed by atoms with Crippen molar-refractivity contribution in [2.24, 2.45) is 0 Å². The smallest absolute Gasteiger partial charge is 0.282 e. The largest absolute Gasteiger partial charge is 0.301 e. The highest BCUT2D eigenvalue weighted by molar-refractivity contribution is 7.15. The van der Waals surface area contributed by atoms with Crippen molar-refractivity contribution in [3.8, 4) is 0 Å². The van der Waals surface area contributed by atoms with Crippen LogP contribution in [0.3, 0.4) is 0 Å². The zero-order valence-corrected chi connectivity index (χ0v) is 15.8. The van der Waals surface area contributed by atoms with E-state index in [2.05, 4.69) is 15.5 Å². The molecule has 1 aliphatic heterocycles. The van der Waals surface area contributed by atoms with E-state index in [1.807, 2.05) is 0 Å². The average molecular weight is 403 g/mol. The molecule has 3 amide bonds. The molecule has 28 heavy (non-hydrogen) atoms. The van der Waals surface area contributed by atoms with Crippen LogP contribution in [0.4, 0.5) is 10.8 Å². The van der Waals surface area contributed by atoms with Crippen LogP contribution in [0, 0.1) is 17.0 Å². The minimum Gasteiger partial charge on any atom is -0.301 e. The first-order chi connectivity index (χ1) is 13.4. The van der Waals surface area contributed by atoms with Crippen molar-refractivity contribution in [2.75, 3.05) is 11.9 Å². The summed E-state index contributed by atoms with van der Waals surface area (Å²) in [5.41, 5.74) is -0.447. The second kappa shape index (κ2) is 8.21. The van der Waals surface area contributed by atoms with E-state index in [0.29, 0.717) is 24.4 Å². The minimum atomic E-state index is -0.661. The van der Waals surface area contributed by atoms with Gasteiger partial charge in [-0.3, -0.25) is 29.4 Å². The lowest BCUT2D eigenvalue weighted by Crippen LogP contribution is -2.30. The molecular formula is C17H17N5O5S. The van der Waals surface area contributed by atoms with E-state index in [4.69, 9.17) is 0 Å². The Kier molecular flexibility index (Phi) is 5.73. The van der Waals surface area contributed by atoms with Gasteiger partial charge in [0.05, 0.1) is 10.5 Å².